The SMILES string of the molecule is CC.Cc1cn(C)c2c(C)cnc(N)c12. The van der Waals surface area contributed by atoms with Gasteiger partial charge < -0.3 is 10.3 Å². The lowest BCUT2D eigenvalue weighted by Crippen LogP contribution is -1.94. The second kappa shape index (κ2) is 4.34. The maximum Gasteiger partial charge on any atom is 0.133 e. The van der Waals surface area contributed by atoms with E-state index in [4.69, 9.17) is 5.73 Å². The first-order valence-electron chi connectivity index (χ1n) is 5.28. The molecular weight excluding hydrogens is 186 g/mol. The monoisotopic (exact) mass is 205 g/mol. The van der Waals surface area contributed by atoms with Crippen LogP contribution in [0.15, 0.2) is 12.4 Å². The van der Waals surface area contributed by atoms with Gasteiger partial charge in [0.25, 0.3) is 0 Å². The minimum atomic E-state index is 0.624. The maximum atomic E-state index is 5.81. The second-order valence-electron chi connectivity index (χ2n) is 3.47. The minimum Gasteiger partial charge on any atom is -0.383 e. The number of nitrogens with two attached hydrogens (primary N) is 1. The van der Waals surface area contributed by atoms with Crippen molar-refractivity contribution in [2.24, 2.45) is 7.05 Å². The lowest BCUT2D eigenvalue weighted by atomic mass is 10.2. The van der Waals surface area contributed by atoms with Gasteiger partial charge in [-0.25, -0.2) is 4.98 Å². The van der Waals surface area contributed by atoms with E-state index in [0.29, 0.717) is 5.82 Å². The number of aryl methyl sites for hydroxylation is 3. The smallest absolute Gasteiger partial charge is 0.133 e. The van der Waals surface area contributed by atoms with Crippen LogP contribution >= 0.6 is 0 Å². The summed E-state index contributed by atoms with van der Waals surface area (Å²) < 4.78 is 2.10. The fraction of sp³-hybridized carbons (Fsp3) is 0.417. The molecule has 0 aromatic carbocycles. The Balaban J connectivity index is 0.000000531. The van der Waals surface area contributed by atoms with Crippen molar-refractivity contribution >= 4 is 16.7 Å². The molecule has 2 aromatic heterocycles. The van der Waals surface area contributed by atoms with Gasteiger partial charge in [-0.3, -0.25) is 0 Å². The number of fused-ring (bicyclic) bond motifs is 1. The minimum absolute atomic E-state index is 0.624. The Bertz CT molecular complexity index is 427. The first-order chi connectivity index (χ1) is 7.11. The molecule has 2 aromatic rings. The average Bonchev–Trinajstić information content (AvgIpc) is 2.52. The predicted octanol–water partition coefficient (Wildman–Crippen LogP) is 2.80. The van der Waals surface area contributed by atoms with Crippen molar-refractivity contribution in [1.29, 1.82) is 0 Å². The Labute approximate surface area is 90.9 Å². The molecule has 0 aliphatic heterocycles. The van der Waals surface area contributed by atoms with E-state index < -0.39 is 0 Å². The van der Waals surface area contributed by atoms with Crippen molar-refractivity contribution in [2.45, 2.75) is 27.7 Å². The Morgan fingerprint density at radius 3 is 2.33 bits per heavy atom. The lowest BCUT2D eigenvalue weighted by molar-refractivity contribution is 0.958. The van der Waals surface area contributed by atoms with Crippen LogP contribution in [0.1, 0.15) is 25.0 Å². The third-order valence-electron chi connectivity index (χ3n) is 2.40. The van der Waals surface area contributed by atoms with Crippen molar-refractivity contribution in [3.8, 4) is 0 Å². The number of aromatic nitrogens is 2. The molecule has 0 amide bonds. The highest BCUT2D eigenvalue weighted by molar-refractivity contribution is 5.94. The van der Waals surface area contributed by atoms with Gasteiger partial charge in [-0.15, -0.1) is 0 Å². The van der Waals surface area contributed by atoms with Gasteiger partial charge in [0.2, 0.25) is 0 Å². The number of rotatable bonds is 0. The average molecular weight is 205 g/mol. The van der Waals surface area contributed by atoms with Crippen LogP contribution in [0.5, 0.6) is 0 Å². The molecule has 0 radical (unpaired) electrons. The van der Waals surface area contributed by atoms with Gasteiger partial charge in [0, 0.05) is 24.8 Å². The number of hydrogen-bond acceptors (Lipinski definition) is 2. The molecule has 2 rings (SSSR count). The summed E-state index contributed by atoms with van der Waals surface area (Å²) in [4.78, 5) is 4.15. The zero-order chi connectivity index (χ0) is 11.6. The van der Waals surface area contributed by atoms with Crippen molar-refractivity contribution in [2.75, 3.05) is 5.73 Å². The van der Waals surface area contributed by atoms with Gasteiger partial charge >= 0.3 is 0 Å². The maximum absolute atomic E-state index is 5.81. The Morgan fingerprint density at radius 2 is 1.80 bits per heavy atom. The largest absolute Gasteiger partial charge is 0.383 e. The molecule has 0 atom stereocenters. The molecule has 15 heavy (non-hydrogen) atoms. The fourth-order valence-electron chi connectivity index (χ4n) is 1.87. The first kappa shape index (κ1) is 11.6. The first-order valence-corrected chi connectivity index (χ1v) is 5.28. The summed E-state index contributed by atoms with van der Waals surface area (Å²) in [6.45, 7) is 8.11. The summed E-state index contributed by atoms with van der Waals surface area (Å²) in [6, 6.07) is 0. The molecule has 0 aliphatic rings. The molecule has 0 unspecified atom stereocenters. The number of anilines is 1. The molecule has 0 aliphatic carbocycles. The molecular formula is C12H19N3. The molecule has 82 valence electrons. The number of pyridine rings is 1. The van der Waals surface area contributed by atoms with Gasteiger partial charge in [-0.1, -0.05) is 13.8 Å². The van der Waals surface area contributed by atoms with Gasteiger partial charge in [0.05, 0.1) is 5.52 Å². The Hall–Kier alpha value is -1.51. The molecule has 0 bridgehead atoms. The highest BCUT2D eigenvalue weighted by Gasteiger charge is 2.08. The predicted molar refractivity (Wildman–Crippen MR) is 65.9 cm³/mol. The molecule has 3 nitrogen and oxygen atoms in total. The summed E-state index contributed by atoms with van der Waals surface area (Å²) >= 11 is 0. The van der Waals surface area contributed by atoms with Crippen LogP contribution in [0.4, 0.5) is 5.82 Å². The van der Waals surface area contributed by atoms with E-state index >= 15 is 0 Å². The molecule has 0 fully saturated rings. The molecule has 2 heterocycles. The zero-order valence-electron chi connectivity index (χ0n) is 10.1. The summed E-state index contributed by atoms with van der Waals surface area (Å²) in [5, 5.41) is 1.09. The van der Waals surface area contributed by atoms with Gasteiger partial charge in [0.1, 0.15) is 5.82 Å². The zero-order valence-corrected chi connectivity index (χ0v) is 10.1. The normalized spacial score (nSPS) is 9.93. The highest BCUT2D eigenvalue weighted by atomic mass is 14.9. The van der Waals surface area contributed by atoms with Gasteiger partial charge in [0.15, 0.2) is 0 Å². The van der Waals surface area contributed by atoms with E-state index in [0.717, 1.165) is 5.39 Å². The van der Waals surface area contributed by atoms with Crippen LogP contribution in [-0.2, 0) is 7.05 Å². The lowest BCUT2D eigenvalue weighted by Gasteiger charge is -2.02. The van der Waals surface area contributed by atoms with E-state index in [9.17, 15) is 0 Å². The highest BCUT2D eigenvalue weighted by Crippen LogP contribution is 2.26. The standard InChI is InChI=1S/C10H13N3.C2H6/c1-6-4-12-10(11)8-7(2)5-13(3)9(6)8;1-2/h4-5H,1-3H3,(H2,11,12);1-2H3. The van der Waals surface area contributed by atoms with Crippen LogP contribution in [0, 0.1) is 13.8 Å². The van der Waals surface area contributed by atoms with Crippen LogP contribution in [0.25, 0.3) is 10.9 Å². The molecule has 0 spiro atoms. The third kappa shape index (κ3) is 1.82. The number of nitrogen functional groups attached to an aromatic ring is 1. The number of nitrogens with zero attached hydrogens (tertiary/aromatic N) is 2. The summed E-state index contributed by atoms with van der Waals surface area (Å²) in [5.41, 5.74) is 9.35. The molecule has 2 N–H and O–H groups in total. The van der Waals surface area contributed by atoms with Gasteiger partial charge in [-0.2, -0.15) is 0 Å². The third-order valence-corrected chi connectivity index (χ3v) is 2.40. The summed E-state index contributed by atoms with van der Waals surface area (Å²) in [6.07, 6.45) is 3.90. The summed E-state index contributed by atoms with van der Waals surface area (Å²) in [7, 11) is 2.03. The van der Waals surface area contributed by atoms with Crippen molar-refractivity contribution in [3.05, 3.63) is 23.5 Å². The van der Waals surface area contributed by atoms with Crippen LogP contribution < -0.4 is 5.73 Å². The van der Waals surface area contributed by atoms with Gasteiger partial charge in [-0.05, 0) is 25.0 Å². The fourth-order valence-corrected chi connectivity index (χ4v) is 1.87. The van der Waals surface area contributed by atoms with E-state index in [1.165, 1.54) is 16.6 Å². The second-order valence-corrected chi connectivity index (χ2v) is 3.47. The Morgan fingerprint density at radius 1 is 1.20 bits per heavy atom. The topological polar surface area (TPSA) is 43.8 Å². The quantitative estimate of drug-likeness (QED) is 0.718. The number of hydrogen-bond donors (Lipinski definition) is 1. The van der Waals surface area contributed by atoms with Crippen LogP contribution in [-0.4, -0.2) is 9.55 Å². The molecule has 3 heteroatoms. The molecule has 0 saturated carbocycles. The van der Waals surface area contributed by atoms with E-state index in [-0.39, 0.29) is 0 Å². The van der Waals surface area contributed by atoms with E-state index in [1.54, 1.807) is 0 Å². The van der Waals surface area contributed by atoms with E-state index in [2.05, 4.69) is 22.7 Å². The van der Waals surface area contributed by atoms with Crippen molar-refractivity contribution < 1.29 is 0 Å². The van der Waals surface area contributed by atoms with Crippen LogP contribution in [0.3, 0.4) is 0 Å². The van der Waals surface area contributed by atoms with Crippen LogP contribution in [0.2, 0.25) is 0 Å². The Kier molecular flexibility index (Phi) is 3.35. The molecule has 0 saturated heterocycles. The van der Waals surface area contributed by atoms with Crippen molar-refractivity contribution in [1.82, 2.24) is 9.55 Å². The van der Waals surface area contributed by atoms with Crippen molar-refractivity contribution in [3.63, 3.8) is 0 Å². The van der Waals surface area contributed by atoms with E-state index in [1.807, 2.05) is 34.0 Å². The summed E-state index contributed by atoms with van der Waals surface area (Å²) in [5.74, 6) is 0.624.